The third-order valence-corrected chi connectivity index (χ3v) is 13.0. The van der Waals surface area contributed by atoms with Gasteiger partial charge in [0.05, 0.1) is 38.5 Å². The summed E-state index contributed by atoms with van der Waals surface area (Å²) in [5, 5.41) is 31.0. The zero-order valence-corrected chi connectivity index (χ0v) is 44.0. The topological polar surface area (TPSA) is 420 Å². The Morgan fingerprint density at radius 2 is 1.28 bits per heavy atom. The molecule has 12 heterocycles. The number of fused-ring (bicyclic) bond motifs is 2. The lowest BCUT2D eigenvalue weighted by atomic mass is 9.99. The molecule has 13 rings (SSSR count). The number of aliphatic hydroxyl groups is 1. The van der Waals surface area contributed by atoms with Gasteiger partial charge in [0.1, 0.15) is 61.2 Å². The first-order chi connectivity index (χ1) is 39.8. The van der Waals surface area contributed by atoms with Crippen LogP contribution in [0.25, 0.3) is 46.1 Å². The average molecular weight is 1140 g/mol. The number of carbonyl (C=O) groups is 1. The number of aromatic amines is 2. The van der Waals surface area contributed by atoms with Gasteiger partial charge in [0, 0.05) is 39.8 Å². The van der Waals surface area contributed by atoms with E-state index in [0.29, 0.717) is 84.2 Å². The van der Waals surface area contributed by atoms with Crippen molar-refractivity contribution in [2.45, 2.75) is 82.4 Å². The Hall–Kier alpha value is -9.77. The summed E-state index contributed by atoms with van der Waals surface area (Å²) in [6.07, 6.45) is 16.6. The lowest BCUT2D eigenvalue weighted by Gasteiger charge is -2.39. The van der Waals surface area contributed by atoms with Crippen LogP contribution in [0.4, 0.5) is 4.39 Å². The lowest BCUT2D eigenvalue weighted by Crippen LogP contribution is -2.49. The number of nitrogens with two attached hydrogens (primary N) is 1. The van der Waals surface area contributed by atoms with E-state index in [9.17, 15) is 33.5 Å². The number of oxazole rings is 5. The molecule has 3 saturated heterocycles. The van der Waals surface area contributed by atoms with Crippen LogP contribution >= 0.6 is 0 Å². The van der Waals surface area contributed by atoms with Crippen LogP contribution in [0.3, 0.4) is 0 Å². The second-order valence-corrected chi connectivity index (χ2v) is 18.4. The molecule has 2 bridgehead atoms. The highest BCUT2D eigenvalue weighted by atomic mass is 19.1. The zero-order valence-electron chi connectivity index (χ0n) is 44.0. The van der Waals surface area contributed by atoms with Gasteiger partial charge in [-0.05, 0) is 36.8 Å². The molecule has 0 aliphatic carbocycles. The number of aromatic nitrogens is 16. The maximum Gasteiger partial charge on any atom is 0.434 e. The Labute approximate surface area is 459 Å². The van der Waals surface area contributed by atoms with Gasteiger partial charge in [0.2, 0.25) is 0 Å². The van der Waals surface area contributed by atoms with Gasteiger partial charge in [0.15, 0.2) is 60.8 Å². The van der Waals surface area contributed by atoms with Crippen LogP contribution in [-0.4, -0.2) is 138 Å². The summed E-state index contributed by atoms with van der Waals surface area (Å²) in [5.41, 5.74) is 4.88. The Bertz CT molecular complexity index is 3780. The molecule has 3 fully saturated rings. The summed E-state index contributed by atoms with van der Waals surface area (Å²) in [7, 11) is 4.89. The fourth-order valence-corrected chi connectivity index (χ4v) is 8.82. The molecule has 4 unspecified atom stereocenters. The third-order valence-electron chi connectivity index (χ3n) is 13.0. The van der Waals surface area contributed by atoms with Crippen molar-refractivity contribution in [3.05, 3.63) is 146 Å². The van der Waals surface area contributed by atoms with E-state index in [1.54, 1.807) is 27.2 Å². The number of epoxide rings is 1. The van der Waals surface area contributed by atoms with Crippen LogP contribution in [-0.2, 0) is 57.0 Å². The molecule has 33 nitrogen and oxygen atoms in total. The normalized spacial score (nSPS) is 17.3. The largest absolute Gasteiger partial charge is 0.451 e. The maximum absolute atomic E-state index is 13.2. The second kappa shape index (κ2) is 26.5. The van der Waals surface area contributed by atoms with Crippen LogP contribution in [0.1, 0.15) is 47.3 Å². The zero-order chi connectivity index (χ0) is 57.7. The van der Waals surface area contributed by atoms with Crippen molar-refractivity contribution >= 4 is 5.91 Å². The quantitative estimate of drug-likeness (QED) is 0.0413. The fraction of sp³-hybridized carbons (Fsp3) is 0.375. The Balaban J connectivity index is 0.000000139. The van der Waals surface area contributed by atoms with E-state index in [1.807, 2.05) is 23.6 Å². The molecule has 0 saturated carbocycles. The van der Waals surface area contributed by atoms with Gasteiger partial charge in [-0.3, -0.25) is 28.8 Å². The van der Waals surface area contributed by atoms with E-state index in [4.69, 9.17) is 28.6 Å². The highest BCUT2D eigenvalue weighted by Gasteiger charge is 2.42. The molecular formula is C48H54FN19O14. The van der Waals surface area contributed by atoms with Crippen molar-refractivity contribution in [3.63, 3.8) is 0 Å². The molecule has 3 aliphatic rings. The first-order valence-corrected chi connectivity index (χ1v) is 25.0. The molecule has 0 spiro atoms. The number of nitrogens with zero attached hydrogens (tertiary/aromatic N) is 15. The van der Waals surface area contributed by atoms with Gasteiger partial charge < -0.3 is 41.1 Å². The number of hydrogen-bond donors (Lipinski definition) is 5. The number of carbonyl (C=O) groups excluding carboxylic acids is 1. The van der Waals surface area contributed by atoms with Gasteiger partial charge in [-0.1, -0.05) is 24.3 Å². The summed E-state index contributed by atoms with van der Waals surface area (Å²) in [4.78, 5) is 77.7. The molecule has 82 heavy (non-hydrogen) atoms. The van der Waals surface area contributed by atoms with Crippen molar-refractivity contribution in [3.8, 4) is 46.1 Å². The highest BCUT2D eigenvalue weighted by Crippen LogP contribution is 2.37. The Morgan fingerprint density at radius 1 is 0.732 bits per heavy atom. The Morgan fingerprint density at radius 3 is 1.78 bits per heavy atom. The molecule has 1 aromatic carbocycles. The molecule has 432 valence electrons. The molecule has 10 aromatic rings. The van der Waals surface area contributed by atoms with Crippen molar-refractivity contribution in [1.82, 2.24) is 88.9 Å². The van der Waals surface area contributed by atoms with Crippen LogP contribution in [0.15, 0.2) is 133 Å². The van der Waals surface area contributed by atoms with Crippen LogP contribution in [0.2, 0.25) is 0 Å². The predicted octanol–water partition coefficient (Wildman–Crippen LogP) is 0.974. The molecule has 0 radical (unpaired) electrons. The molecular weight excluding hydrogens is 1090 g/mol. The van der Waals surface area contributed by atoms with Gasteiger partial charge in [-0.2, -0.15) is 5.10 Å². The summed E-state index contributed by atoms with van der Waals surface area (Å²) < 4.78 is 59.7. The van der Waals surface area contributed by atoms with Crippen molar-refractivity contribution in [2.75, 3.05) is 13.2 Å². The second-order valence-electron chi connectivity index (χ2n) is 18.4. The summed E-state index contributed by atoms with van der Waals surface area (Å²) in [5.74, 6) is 5.21. The molecule has 6 N–H and O–H groups in total. The molecule has 34 heteroatoms. The number of ether oxygens (including phenoxy) is 2. The average Bonchev–Trinajstić information content (AvgIpc) is 4.55. The van der Waals surface area contributed by atoms with E-state index in [2.05, 4.69) is 73.7 Å². The van der Waals surface area contributed by atoms with E-state index >= 15 is 0 Å². The van der Waals surface area contributed by atoms with E-state index in [-0.39, 0.29) is 47.4 Å². The maximum atomic E-state index is 13.2. The standard InChI is InChI=1S/C24H30FN5O4.C9H10N4O3.C6H6N4O2.C5H3N3O3.C4H5N3O2/c1-28-23(22-14-33-15-26-22)27-30(24(28)32)12-20(31)11-29-18-6-7-19(29)9-21(8-18)34-13-17-5-3-2-4-16(17)10-25;1-12-8(7-4-15-5-10-7)11-13(9(12)14)2-6-3-16-6;1-10-5(8-9-6(10)11)4-2-12-3-7-4;9-5-8-7-4(11-5)3-1-10-2-6-3;5-7-4(8)3-1-9-2-6-3/h2-5,14-15,18-21,31H,6-13H2,1H3;4-6H,2-3H2,1H3;2-3H,1H3,(H,9,11);1-2H,(H,8,9);1-2H,5H2,(H,7,8). The number of benzene rings is 1. The van der Waals surface area contributed by atoms with E-state index < -0.39 is 24.4 Å². The van der Waals surface area contributed by atoms with Crippen molar-refractivity contribution in [2.24, 2.45) is 27.0 Å². The number of nitrogens with one attached hydrogen (secondary N) is 3. The minimum Gasteiger partial charge on any atom is -0.451 e. The predicted molar refractivity (Wildman–Crippen MR) is 274 cm³/mol. The van der Waals surface area contributed by atoms with Crippen LogP contribution in [0, 0.1) is 0 Å². The highest BCUT2D eigenvalue weighted by molar-refractivity contribution is 5.91. The molecule has 4 atom stereocenters. The number of alkyl halides is 1. The minimum absolute atomic E-state index is 0.112. The fourth-order valence-electron chi connectivity index (χ4n) is 8.82. The minimum atomic E-state index is -0.727. The molecule has 1 amide bonds. The number of piperidine rings is 1. The summed E-state index contributed by atoms with van der Waals surface area (Å²) >= 11 is 0. The Kier molecular flexibility index (Phi) is 18.4. The van der Waals surface area contributed by atoms with Gasteiger partial charge >= 0.3 is 22.8 Å². The summed E-state index contributed by atoms with van der Waals surface area (Å²) in [6.45, 7) is 1.71. The van der Waals surface area contributed by atoms with Crippen molar-refractivity contribution < 1.29 is 50.3 Å². The smallest absolute Gasteiger partial charge is 0.434 e. The number of halogens is 1. The van der Waals surface area contributed by atoms with Crippen LogP contribution < -0.4 is 34.1 Å². The van der Waals surface area contributed by atoms with Gasteiger partial charge in [-0.25, -0.2) is 73.9 Å². The molecule has 3 aliphatic heterocycles. The van der Waals surface area contributed by atoms with Crippen LogP contribution in [0.5, 0.6) is 0 Å². The number of aliphatic hydroxyl groups excluding tert-OH is 1. The number of rotatable bonds is 15. The van der Waals surface area contributed by atoms with Crippen molar-refractivity contribution in [1.29, 1.82) is 0 Å². The first-order valence-electron chi connectivity index (χ1n) is 25.0. The van der Waals surface area contributed by atoms with Gasteiger partial charge in [-0.15, -0.1) is 15.3 Å². The number of amides is 1. The van der Waals surface area contributed by atoms with Gasteiger partial charge in [0.25, 0.3) is 11.8 Å². The van der Waals surface area contributed by atoms with E-state index in [1.165, 1.54) is 80.0 Å². The summed E-state index contributed by atoms with van der Waals surface area (Å²) in [6, 6.07) is 8.14. The number of hydrogen-bond acceptors (Lipinski definition) is 25. The number of H-pyrrole nitrogens is 2. The van der Waals surface area contributed by atoms with E-state index in [0.717, 1.165) is 37.6 Å². The monoisotopic (exact) mass is 1140 g/mol. The number of hydrazine groups is 1. The molecule has 9 aromatic heterocycles. The first kappa shape index (κ1) is 56.9. The third kappa shape index (κ3) is 14.0. The number of nitrogen functional groups attached to an aromatic ring is 1. The SMILES string of the molecule is Cn1c(-c2cocn2)n[nH]c1=O.Cn1c(-c2cocn2)nn(CC(O)CN2C3CCC2CC(OCc2ccccc2CF)C3)c1=O.Cn1c(-c2cocn2)nn(CC2CO2)c1=O.NNC(=O)c1cocn1.O=c1[nH]nc(-c2cocn2)o1. The lowest BCUT2D eigenvalue weighted by molar-refractivity contribution is -0.0405.